The summed E-state index contributed by atoms with van der Waals surface area (Å²) in [7, 11) is 1.66. The second-order valence-electron chi connectivity index (χ2n) is 5.94. The molecule has 0 amide bonds. The van der Waals surface area contributed by atoms with E-state index in [1.807, 2.05) is 19.2 Å². The van der Waals surface area contributed by atoms with E-state index < -0.39 is 0 Å². The van der Waals surface area contributed by atoms with E-state index in [0.29, 0.717) is 6.61 Å². The molecule has 0 aliphatic rings. The van der Waals surface area contributed by atoms with Crippen LogP contribution in [0.15, 0.2) is 18.5 Å². The monoisotopic (exact) mass is 280 g/mol. The molecule has 4 heteroatoms. The zero-order valence-electron chi connectivity index (χ0n) is 13.6. The Balaban J connectivity index is 3.12. The fourth-order valence-corrected chi connectivity index (χ4v) is 2.36. The topological polar surface area (TPSA) is 43.4 Å². The number of ether oxygens (including phenoxy) is 2. The number of nitrogens with zero attached hydrogens (tertiary/aromatic N) is 1. The van der Waals surface area contributed by atoms with Gasteiger partial charge in [0.15, 0.2) is 0 Å². The molecular weight excluding hydrogens is 252 g/mol. The maximum atomic E-state index is 6.02. The molecule has 0 bridgehead atoms. The molecule has 0 aliphatic carbocycles. The van der Waals surface area contributed by atoms with Crippen LogP contribution in [-0.4, -0.2) is 31.3 Å². The highest BCUT2D eigenvalue weighted by Gasteiger charge is 2.33. The van der Waals surface area contributed by atoms with Gasteiger partial charge in [-0.2, -0.15) is 0 Å². The highest BCUT2D eigenvalue weighted by Crippen LogP contribution is 2.33. The smallest absolute Gasteiger partial charge is 0.137 e. The first-order chi connectivity index (χ1) is 9.43. The Morgan fingerprint density at radius 3 is 2.45 bits per heavy atom. The number of rotatable bonds is 7. The molecule has 0 aliphatic heterocycles. The highest BCUT2D eigenvalue weighted by atomic mass is 16.5. The lowest BCUT2D eigenvalue weighted by molar-refractivity contribution is -0.0363. The summed E-state index contributed by atoms with van der Waals surface area (Å²) in [6.07, 6.45) is 3.67. The van der Waals surface area contributed by atoms with Crippen molar-refractivity contribution in [3.8, 4) is 5.75 Å². The van der Waals surface area contributed by atoms with Crippen LogP contribution < -0.4 is 10.1 Å². The summed E-state index contributed by atoms with van der Waals surface area (Å²) in [5, 5.41) is 3.52. The summed E-state index contributed by atoms with van der Waals surface area (Å²) in [5.41, 5.74) is 1.13. The Kier molecular flexibility index (Phi) is 6.43. The number of methoxy groups -OCH3 is 1. The van der Waals surface area contributed by atoms with Crippen LogP contribution in [0.3, 0.4) is 0 Å². The van der Waals surface area contributed by atoms with Crippen molar-refractivity contribution in [2.45, 2.75) is 46.8 Å². The van der Waals surface area contributed by atoms with Crippen LogP contribution in [0, 0.1) is 5.41 Å². The van der Waals surface area contributed by atoms with Crippen LogP contribution in [-0.2, 0) is 4.74 Å². The summed E-state index contributed by atoms with van der Waals surface area (Å²) >= 11 is 0. The van der Waals surface area contributed by atoms with Crippen LogP contribution in [0.2, 0.25) is 0 Å². The van der Waals surface area contributed by atoms with Crippen LogP contribution >= 0.6 is 0 Å². The van der Waals surface area contributed by atoms with Gasteiger partial charge in [0.05, 0.1) is 25.5 Å². The quantitative estimate of drug-likeness (QED) is 0.833. The zero-order chi connectivity index (χ0) is 15.2. The second-order valence-corrected chi connectivity index (χ2v) is 5.94. The lowest BCUT2D eigenvalue weighted by Gasteiger charge is -2.37. The fraction of sp³-hybridized carbons (Fsp3) is 0.688. The fourth-order valence-electron chi connectivity index (χ4n) is 2.36. The minimum atomic E-state index is 0.0337. The van der Waals surface area contributed by atoms with Crippen molar-refractivity contribution >= 4 is 0 Å². The van der Waals surface area contributed by atoms with Crippen molar-refractivity contribution in [1.29, 1.82) is 0 Å². The SMILES string of the molecule is CCNC(c1cncc(OC)c1)C(OCC)C(C)(C)C. The van der Waals surface area contributed by atoms with Gasteiger partial charge in [-0.1, -0.05) is 27.7 Å². The summed E-state index contributed by atoms with van der Waals surface area (Å²) in [6.45, 7) is 12.3. The van der Waals surface area contributed by atoms with E-state index in [0.717, 1.165) is 17.9 Å². The van der Waals surface area contributed by atoms with Gasteiger partial charge in [0.25, 0.3) is 0 Å². The number of hydrogen-bond acceptors (Lipinski definition) is 4. The molecule has 0 radical (unpaired) electrons. The van der Waals surface area contributed by atoms with E-state index in [4.69, 9.17) is 9.47 Å². The van der Waals surface area contributed by atoms with Gasteiger partial charge >= 0.3 is 0 Å². The van der Waals surface area contributed by atoms with E-state index >= 15 is 0 Å². The Morgan fingerprint density at radius 1 is 1.25 bits per heavy atom. The lowest BCUT2D eigenvalue weighted by atomic mass is 9.82. The van der Waals surface area contributed by atoms with Crippen molar-refractivity contribution in [2.24, 2.45) is 5.41 Å². The van der Waals surface area contributed by atoms with Gasteiger partial charge in [0.2, 0.25) is 0 Å². The van der Waals surface area contributed by atoms with Crippen molar-refractivity contribution in [2.75, 3.05) is 20.3 Å². The molecule has 4 nitrogen and oxygen atoms in total. The molecule has 1 N–H and O–H groups in total. The number of hydrogen-bond donors (Lipinski definition) is 1. The summed E-state index contributed by atoms with van der Waals surface area (Å²) < 4.78 is 11.3. The molecule has 0 aromatic carbocycles. The summed E-state index contributed by atoms with van der Waals surface area (Å²) in [4.78, 5) is 4.26. The van der Waals surface area contributed by atoms with Crippen LogP contribution in [0.5, 0.6) is 5.75 Å². The Morgan fingerprint density at radius 2 is 1.95 bits per heavy atom. The maximum Gasteiger partial charge on any atom is 0.137 e. The summed E-state index contributed by atoms with van der Waals surface area (Å²) in [6, 6.07) is 2.13. The van der Waals surface area contributed by atoms with Gasteiger partial charge in [0, 0.05) is 12.8 Å². The first-order valence-electron chi connectivity index (χ1n) is 7.27. The van der Waals surface area contributed by atoms with E-state index in [1.165, 1.54) is 0 Å². The van der Waals surface area contributed by atoms with Crippen molar-refractivity contribution in [1.82, 2.24) is 10.3 Å². The van der Waals surface area contributed by atoms with Crippen LogP contribution in [0.4, 0.5) is 0 Å². The Hall–Kier alpha value is -1.13. The van der Waals surface area contributed by atoms with Gasteiger partial charge < -0.3 is 14.8 Å². The molecule has 0 saturated carbocycles. The van der Waals surface area contributed by atoms with E-state index in [2.05, 4.69) is 38.0 Å². The molecule has 1 rings (SSSR count). The standard InChI is InChI=1S/C16H28N2O2/c1-7-18-14(15(20-8-2)16(3,4)5)12-9-13(19-6)11-17-10-12/h9-11,14-15,18H,7-8H2,1-6H3. The summed E-state index contributed by atoms with van der Waals surface area (Å²) in [5.74, 6) is 0.773. The average molecular weight is 280 g/mol. The lowest BCUT2D eigenvalue weighted by Crippen LogP contribution is -2.42. The van der Waals surface area contributed by atoms with Gasteiger partial charge in [-0.05, 0) is 30.5 Å². The van der Waals surface area contributed by atoms with E-state index in [9.17, 15) is 0 Å². The maximum absolute atomic E-state index is 6.02. The average Bonchev–Trinajstić information content (AvgIpc) is 2.41. The molecule has 114 valence electrons. The third-order valence-corrected chi connectivity index (χ3v) is 3.26. The van der Waals surface area contributed by atoms with Gasteiger partial charge in [-0.15, -0.1) is 0 Å². The number of likely N-dealkylation sites (N-methyl/N-ethyl adjacent to an activating group) is 1. The zero-order valence-corrected chi connectivity index (χ0v) is 13.6. The van der Waals surface area contributed by atoms with Crippen molar-refractivity contribution in [3.63, 3.8) is 0 Å². The molecule has 0 spiro atoms. The molecule has 0 fully saturated rings. The minimum absolute atomic E-state index is 0.0337. The van der Waals surface area contributed by atoms with Gasteiger partial charge in [0.1, 0.15) is 5.75 Å². The number of nitrogens with one attached hydrogen (secondary N) is 1. The number of pyridine rings is 1. The molecule has 20 heavy (non-hydrogen) atoms. The molecule has 2 unspecified atom stereocenters. The van der Waals surface area contributed by atoms with Crippen LogP contribution in [0.1, 0.15) is 46.2 Å². The van der Waals surface area contributed by atoms with E-state index in [-0.39, 0.29) is 17.6 Å². The molecule has 1 heterocycles. The van der Waals surface area contributed by atoms with Crippen molar-refractivity contribution in [3.05, 3.63) is 24.0 Å². The Labute approximate surface area is 122 Å². The molecule has 2 atom stereocenters. The highest BCUT2D eigenvalue weighted by molar-refractivity contribution is 5.27. The predicted octanol–water partition coefficient (Wildman–Crippen LogP) is 3.19. The molecular formula is C16H28N2O2. The first kappa shape index (κ1) is 16.9. The Bertz CT molecular complexity index is 402. The van der Waals surface area contributed by atoms with Crippen molar-refractivity contribution < 1.29 is 9.47 Å². The predicted molar refractivity (Wildman–Crippen MR) is 82.1 cm³/mol. The van der Waals surface area contributed by atoms with Gasteiger partial charge in [-0.3, -0.25) is 4.98 Å². The third kappa shape index (κ3) is 4.46. The minimum Gasteiger partial charge on any atom is -0.495 e. The van der Waals surface area contributed by atoms with Gasteiger partial charge in [-0.25, -0.2) is 0 Å². The number of aromatic nitrogens is 1. The third-order valence-electron chi connectivity index (χ3n) is 3.26. The molecule has 1 aromatic heterocycles. The first-order valence-corrected chi connectivity index (χ1v) is 7.27. The molecule has 1 aromatic rings. The second kappa shape index (κ2) is 7.60. The van der Waals surface area contributed by atoms with E-state index in [1.54, 1.807) is 13.3 Å². The molecule has 0 saturated heterocycles. The largest absolute Gasteiger partial charge is 0.495 e. The normalized spacial score (nSPS) is 14.9. The van der Waals surface area contributed by atoms with Crippen LogP contribution in [0.25, 0.3) is 0 Å².